The molecule has 0 spiro atoms. The Labute approximate surface area is 95.9 Å². The molecule has 0 radical (unpaired) electrons. The van der Waals surface area contributed by atoms with Crippen LogP contribution in [0.3, 0.4) is 0 Å². The topological polar surface area (TPSA) is 37.8 Å². The molecule has 0 fully saturated rings. The summed E-state index contributed by atoms with van der Waals surface area (Å²) < 4.78 is 37.3. The Balaban J connectivity index is 3.01. The molecule has 1 aromatic heterocycles. The van der Waals surface area contributed by atoms with Gasteiger partial charge in [-0.15, -0.1) is 11.8 Å². The van der Waals surface area contributed by atoms with Crippen LogP contribution in [0.5, 0.6) is 0 Å². The number of halogens is 3. The molecule has 0 saturated carbocycles. The molecule has 90 valence electrons. The lowest BCUT2D eigenvalue weighted by molar-refractivity contribution is -0.145. The number of rotatable bonds is 4. The molecule has 1 heterocycles. The SMILES string of the molecule is CCCNc1cc(SC)nc(C(F)(F)F)n1. The van der Waals surface area contributed by atoms with E-state index in [4.69, 9.17) is 0 Å². The molecule has 3 nitrogen and oxygen atoms in total. The van der Waals surface area contributed by atoms with E-state index in [2.05, 4.69) is 15.3 Å². The van der Waals surface area contributed by atoms with E-state index in [0.29, 0.717) is 11.6 Å². The van der Waals surface area contributed by atoms with Crippen LogP contribution in [0.4, 0.5) is 19.0 Å². The van der Waals surface area contributed by atoms with E-state index in [1.54, 1.807) is 6.26 Å². The average molecular weight is 251 g/mol. The first kappa shape index (κ1) is 13.1. The smallest absolute Gasteiger partial charge is 0.370 e. The van der Waals surface area contributed by atoms with Gasteiger partial charge in [0, 0.05) is 12.6 Å². The van der Waals surface area contributed by atoms with E-state index in [9.17, 15) is 13.2 Å². The molecule has 1 rings (SSSR count). The summed E-state index contributed by atoms with van der Waals surface area (Å²) in [5, 5.41) is 3.12. The van der Waals surface area contributed by atoms with Gasteiger partial charge in [0.1, 0.15) is 10.8 Å². The summed E-state index contributed by atoms with van der Waals surface area (Å²) in [4.78, 5) is 6.85. The van der Waals surface area contributed by atoms with Crippen molar-refractivity contribution in [1.82, 2.24) is 9.97 Å². The number of hydrogen-bond acceptors (Lipinski definition) is 4. The second-order valence-corrected chi connectivity index (χ2v) is 3.87. The Bertz CT molecular complexity index is 354. The van der Waals surface area contributed by atoms with Crippen LogP contribution in [0.2, 0.25) is 0 Å². The molecule has 0 atom stereocenters. The van der Waals surface area contributed by atoms with Crippen LogP contribution in [-0.2, 0) is 6.18 Å². The van der Waals surface area contributed by atoms with Crippen LogP contribution < -0.4 is 5.32 Å². The third-order valence-corrected chi connectivity index (χ3v) is 2.35. The first-order valence-corrected chi connectivity index (χ1v) is 5.94. The maximum atomic E-state index is 12.4. The molecule has 7 heteroatoms. The average Bonchev–Trinajstić information content (AvgIpc) is 2.24. The molecular formula is C9H12F3N3S. The fourth-order valence-electron chi connectivity index (χ4n) is 1.000. The van der Waals surface area contributed by atoms with Crippen molar-refractivity contribution in [2.24, 2.45) is 0 Å². The van der Waals surface area contributed by atoms with E-state index in [1.165, 1.54) is 6.07 Å². The van der Waals surface area contributed by atoms with Crippen molar-refractivity contribution in [2.75, 3.05) is 18.1 Å². The number of thioether (sulfide) groups is 1. The van der Waals surface area contributed by atoms with Crippen LogP contribution in [0.15, 0.2) is 11.1 Å². The number of aromatic nitrogens is 2. The van der Waals surface area contributed by atoms with Crippen LogP contribution >= 0.6 is 11.8 Å². The molecule has 0 aliphatic carbocycles. The fraction of sp³-hybridized carbons (Fsp3) is 0.556. The zero-order valence-corrected chi connectivity index (χ0v) is 9.74. The van der Waals surface area contributed by atoms with Gasteiger partial charge < -0.3 is 5.32 Å². The predicted octanol–water partition coefficient (Wildman–Crippen LogP) is 3.04. The summed E-state index contributed by atoms with van der Waals surface area (Å²) in [5.41, 5.74) is 0. The van der Waals surface area contributed by atoms with Gasteiger partial charge in [-0.2, -0.15) is 13.2 Å². The molecule has 1 N–H and O–H groups in total. The second kappa shape index (κ2) is 5.38. The summed E-state index contributed by atoms with van der Waals surface area (Å²) in [7, 11) is 0. The first-order chi connectivity index (χ1) is 7.47. The quantitative estimate of drug-likeness (QED) is 0.659. The van der Waals surface area contributed by atoms with Crippen molar-refractivity contribution in [3.05, 3.63) is 11.9 Å². The largest absolute Gasteiger partial charge is 0.451 e. The van der Waals surface area contributed by atoms with E-state index in [1.807, 2.05) is 6.92 Å². The van der Waals surface area contributed by atoms with Gasteiger partial charge in [0.15, 0.2) is 0 Å². The fourth-order valence-corrected chi connectivity index (χ4v) is 1.41. The Morgan fingerprint density at radius 3 is 2.56 bits per heavy atom. The standard InChI is InChI=1S/C9H12F3N3S/c1-3-4-13-6-5-7(16-2)15-8(14-6)9(10,11)12/h5H,3-4H2,1-2H3,(H,13,14,15). The lowest BCUT2D eigenvalue weighted by Gasteiger charge is -2.10. The Morgan fingerprint density at radius 1 is 1.38 bits per heavy atom. The highest BCUT2D eigenvalue weighted by Gasteiger charge is 2.35. The second-order valence-electron chi connectivity index (χ2n) is 3.04. The molecule has 0 aliphatic rings. The van der Waals surface area contributed by atoms with E-state index >= 15 is 0 Å². The molecule has 0 amide bonds. The molecule has 0 aliphatic heterocycles. The maximum Gasteiger partial charge on any atom is 0.451 e. The molecule has 0 aromatic carbocycles. The van der Waals surface area contributed by atoms with Crippen molar-refractivity contribution >= 4 is 17.6 Å². The van der Waals surface area contributed by atoms with Gasteiger partial charge >= 0.3 is 6.18 Å². The lowest BCUT2D eigenvalue weighted by Crippen LogP contribution is -2.14. The maximum absolute atomic E-state index is 12.4. The number of alkyl halides is 3. The van der Waals surface area contributed by atoms with Crippen LogP contribution in [0.25, 0.3) is 0 Å². The predicted molar refractivity (Wildman–Crippen MR) is 57.6 cm³/mol. The zero-order chi connectivity index (χ0) is 12.2. The normalized spacial score (nSPS) is 11.6. The minimum absolute atomic E-state index is 0.216. The van der Waals surface area contributed by atoms with Crippen molar-refractivity contribution in [3.63, 3.8) is 0 Å². The van der Waals surface area contributed by atoms with Crippen molar-refractivity contribution < 1.29 is 13.2 Å². The highest BCUT2D eigenvalue weighted by molar-refractivity contribution is 7.98. The lowest BCUT2D eigenvalue weighted by atomic mass is 10.4. The van der Waals surface area contributed by atoms with Crippen LogP contribution in [0, 0.1) is 0 Å². The summed E-state index contributed by atoms with van der Waals surface area (Å²) in [6.07, 6.45) is -2.01. The van der Waals surface area contributed by atoms with E-state index in [-0.39, 0.29) is 5.82 Å². The van der Waals surface area contributed by atoms with Gasteiger partial charge in [0.25, 0.3) is 0 Å². The number of nitrogens with zero attached hydrogens (tertiary/aromatic N) is 2. The van der Waals surface area contributed by atoms with E-state index < -0.39 is 12.0 Å². The van der Waals surface area contributed by atoms with Gasteiger partial charge in [0.05, 0.1) is 0 Å². The first-order valence-electron chi connectivity index (χ1n) is 4.71. The van der Waals surface area contributed by atoms with Gasteiger partial charge in [0.2, 0.25) is 5.82 Å². The van der Waals surface area contributed by atoms with Gasteiger partial charge in [-0.3, -0.25) is 0 Å². The van der Waals surface area contributed by atoms with Gasteiger partial charge in [-0.25, -0.2) is 9.97 Å². The molecule has 0 bridgehead atoms. The summed E-state index contributed by atoms with van der Waals surface area (Å²) >= 11 is 1.16. The minimum Gasteiger partial charge on any atom is -0.370 e. The monoisotopic (exact) mass is 251 g/mol. The number of nitrogens with one attached hydrogen (secondary N) is 1. The highest BCUT2D eigenvalue weighted by atomic mass is 32.2. The van der Waals surface area contributed by atoms with Crippen LogP contribution in [-0.4, -0.2) is 22.8 Å². The molecular weight excluding hydrogens is 239 g/mol. The van der Waals surface area contributed by atoms with Crippen LogP contribution in [0.1, 0.15) is 19.2 Å². The van der Waals surface area contributed by atoms with E-state index in [0.717, 1.165) is 18.2 Å². The number of anilines is 1. The number of hydrogen-bond donors (Lipinski definition) is 1. The molecule has 1 aromatic rings. The summed E-state index contributed by atoms with van der Waals surface area (Å²) in [5.74, 6) is -0.883. The third-order valence-electron chi connectivity index (χ3n) is 1.72. The van der Waals surface area contributed by atoms with Gasteiger partial charge in [-0.05, 0) is 12.7 Å². The molecule has 16 heavy (non-hydrogen) atoms. The summed E-state index contributed by atoms with van der Waals surface area (Å²) in [6.45, 7) is 2.51. The molecule has 0 unspecified atom stereocenters. The summed E-state index contributed by atoms with van der Waals surface area (Å²) in [6, 6.07) is 1.51. The van der Waals surface area contributed by atoms with Gasteiger partial charge in [-0.1, -0.05) is 6.92 Å². The van der Waals surface area contributed by atoms with Crippen molar-refractivity contribution in [2.45, 2.75) is 24.5 Å². The third kappa shape index (κ3) is 3.55. The van der Waals surface area contributed by atoms with Crippen molar-refractivity contribution in [1.29, 1.82) is 0 Å². The Hall–Kier alpha value is -0.980. The minimum atomic E-state index is -4.51. The Morgan fingerprint density at radius 2 is 2.06 bits per heavy atom. The zero-order valence-electron chi connectivity index (χ0n) is 8.93. The van der Waals surface area contributed by atoms with Crippen molar-refractivity contribution in [3.8, 4) is 0 Å². The highest BCUT2D eigenvalue weighted by Crippen LogP contribution is 2.28. The molecule has 0 saturated heterocycles. The Kier molecular flexibility index (Phi) is 4.40.